The Labute approximate surface area is 66.4 Å². The molecule has 0 saturated heterocycles. The lowest BCUT2D eigenvalue weighted by atomic mass is 10.2. The largest absolute Gasteiger partial charge is 0.394 e. The van der Waals surface area contributed by atoms with E-state index in [9.17, 15) is 0 Å². The molecule has 0 aliphatic heterocycles. The van der Waals surface area contributed by atoms with E-state index in [-0.39, 0.29) is 6.61 Å². The van der Waals surface area contributed by atoms with Crippen LogP contribution in [0, 0.1) is 0 Å². The molecule has 0 aromatic rings. The first-order valence-electron chi connectivity index (χ1n) is 3.74. The minimum atomic E-state index is -0.901. The minimum Gasteiger partial charge on any atom is -0.394 e. The maximum Gasteiger partial charge on any atom is 0.154 e. The van der Waals surface area contributed by atoms with Crippen molar-refractivity contribution in [3.05, 3.63) is 0 Å². The van der Waals surface area contributed by atoms with Crippen molar-refractivity contribution >= 4 is 0 Å². The van der Waals surface area contributed by atoms with Gasteiger partial charge in [0.15, 0.2) is 6.29 Å². The van der Waals surface area contributed by atoms with Gasteiger partial charge in [0.2, 0.25) is 0 Å². The van der Waals surface area contributed by atoms with Crippen LogP contribution in [0.15, 0.2) is 0 Å². The van der Waals surface area contributed by atoms with E-state index in [0.717, 1.165) is 0 Å². The molecule has 0 heterocycles. The SMILES string of the molecule is CCC(O)OC(CO)C(C)O. The third-order valence-corrected chi connectivity index (χ3v) is 1.40. The predicted molar refractivity (Wildman–Crippen MR) is 39.9 cm³/mol. The van der Waals surface area contributed by atoms with Crippen LogP contribution in [0.25, 0.3) is 0 Å². The first-order valence-corrected chi connectivity index (χ1v) is 3.74. The summed E-state index contributed by atoms with van der Waals surface area (Å²) in [6.07, 6.45) is -1.91. The number of aliphatic hydroxyl groups is 3. The Hall–Kier alpha value is -0.160. The first kappa shape index (κ1) is 10.8. The molecule has 0 aliphatic rings. The lowest BCUT2D eigenvalue weighted by Gasteiger charge is -2.20. The summed E-state index contributed by atoms with van der Waals surface area (Å²) in [5.41, 5.74) is 0. The van der Waals surface area contributed by atoms with E-state index in [2.05, 4.69) is 0 Å². The Bertz CT molecular complexity index is 94.4. The Morgan fingerprint density at radius 3 is 2.18 bits per heavy atom. The third-order valence-electron chi connectivity index (χ3n) is 1.40. The Morgan fingerprint density at radius 2 is 1.91 bits per heavy atom. The van der Waals surface area contributed by atoms with Gasteiger partial charge < -0.3 is 20.1 Å². The van der Waals surface area contributed by atoms with Crippen LogP contribution in [-0.4, -0.2) is 40.4 Å². The molecule has 4 nitrogen and oxygen atoms in total. The number of aliphatic hydroxyl groups excluding tert-OH is 3. The average Bonchev–Trinajstić information content (AvgIpc) is 1.99. The highest BCUT2D eigenvalue weighted by molar-refractivity contribution is 4.62. The Balaban J connectivity index is 3.68. The van der Waals surface area contributed by atoms with Crippen molar-refractivity contribution < 1.29 is 20.1 Å². The summed E-state index contributed by atoms with van der Waals surface area (Å²) in [6.45, 7) is 2.97. The van der Waals surface area contributed by atoms with Crippen molar-refractivity contribution in [1.29, 1.82) is 0 Å². The summed E-state index contributed by atoms with van der Waals surface area (Å²) in [5.74, 6) is 0. The summed E-state index contributed by atoms with van der Waals surface area (Å²) in [6, 6.07) is 0. The van der Waals surface area contributed by atoms with Gasteiger partial charge in [-0.1, -0.05) is 6.92 Å². The van der Waals surface area contributed by atoms with Crippen LogP contribution in [0.1, 0.15) is 20.3 Å². The molecule has 0 rings (SSSR count). The molecule has 0 amide bonds. The molecule has 0 spiro atoms. The van der Waals surface area contributed by atoms with Crippen molar-refractivity contribution in [3.8, 4) is 0 Å². The van der Waals surface area contributed by atoms with E-state index in [4.69, 9.17) is 20.1 Å². The van der Waals surface area contributed by atoms with E-state index < -0.39 is 18.5 Å². The molecule has 0 radical (unpaired) electrons. The number of rotatable bonds is 5. The quantitative estimate of drug-likeness (QED) is 0.478. The summed E-state index contributed by atoms with van der Waals surface area (Å²) >= 11 is 0. The fraction of sp³-hybridized carbons (Fsp3) is 1.00. The Morgan fingerprint density at radius 1 is 1.36 bits per heavy atom. The van der Waals surface area contributed by atoms with Crippen LogP contribution in [0.3, 0.4) is 0 Å². The summed E-state index contributed by atoms with van der Waals surface area (Å²) in [4.78, 5) is 0. The van der Waals surface area contributed by atoms with E-state index in [0.29, 0.717) is 6.42 Å². The molecule has 68 valence electrons. The first-order chi connectivity index (χ1) is 5.11. The van der Waals surface area contributed by atoms with Crippen molar-refractivity contribution in [2.75, 3.05) is 6.61 Å². The summed E-state index contributed by atoms with van der Waals surface area (Å²) in [5, 5.41) is 26.6. The second-order valence-electron chi connectivity index (χ2n) is 2.46. The Kier molecular flexibility index (Phi) is 5.41. The van der Waals surface area contributed by atoms with Crippen LogP contribution in [0.2, 0.25) is 0 Å². The molecule has 0 aliphatic carbocycles. The van der Waals surface area contributed by atoms with Crippen molar-refractivity contribution in [3.63, 3.8) is 0 Å². The highest BCUT2D eigenvalue weighted by atomic mass is 16.6. The molecule has 0 aromatic carbocycles. The zero-order chi connectivity index (χ0) is 8.85. The second-order valence-corrected chi connectivity index (χ2v) is 2.46. The highest BCUT2D eigenvalue weighted by Gasteiger charge is 2.17. The molecule has 11 heavy (non-hydrogen) atoms. The number of ether oxygens (including phenoxy) is 1. The number of hydrogen-bond acceptors (Lipinski definition) is 4. The summed E-state index contributed by atoms with van der Waals surface area (Å²) < 4.78 is 4.87. The number of hydrogen-bond donors (Lipinski definition) is 3. The average molecular weight is 164 g/mol. The second kappa shape index (κ2) is 5.49. The van der Waals surface area contributed by atoms with Gasteiger partial charge in [-0.15, -0.1) is 0 Å². The van der Waals surface area contributed by atoms with Crippen molar-refractivity contribution in [2.24, 2.45) is 0 Å². The van der Waals surface area contributed by atoms with Gasteiger partial charge in [-0.05, 0) is 13.3 Å². The lowest BCUT2D eigenvalue weighted by Crippen LogP contribution is -2.33. The maximum atomic E-state index is 8.96. The van der Waals surface area contributed by atoms with Gasteiger partial charge in [-0.3, -0.25) is 0 Å². The fourth-order valence-corrected chi connectivity index (χ4v) is 0.607. The molecule has 3 unspecified atom stereocenters. The van der Waals surface area contributed by atoms with E-state index in [1.54, 1.807) is 6.92 Å². The van der Waals surface area contributed by atoms with Gasteiger partial charge in [-0.2, -0.15) is 0 Å². The molecule has 4 heteroatoms. The molecule has 0 aromatic heterocycles. The molecule has 0 bridgehead atoms. The van der Waals surface area contributed by atoms with Gasteiger partial charge in [0, 0.05) is 0 Å². The third kappa shape index (κ3) is 4.31. The topological polar surface area (TPSA) is 69.9 Å². The monoisotopic (exact) mass is 164 g/mol. The highest BCUT2D eigenvalue weighted by Crippen LogP contribution is 2.03. The van der Waals surface area contributed by atoms with Gasteiger partial charge in [0.1, 0.15) is 6.10 Å². The molecular formula is C7H16O4. The standard InChI is InChI=1S/C7H16O4/c1-3-7(10)11-6(4-8)5(2)9/h5-10H,3-4H2,1-2H3. The van der Waals surface area contributed by atoms with E-state index >= 15 is 0 Å². The summed E-state index contributed by atoms with van der Waals surface area (Å²) in [7, 11) is 0. The maximum absolute atomic E-state index is 8.96. The molecule has 3 atom stereocenters. The van der Waals surface area contributed by atoms with E-state index in [1.807, 2.05) is 0 Å². The van der Waals surface area contributed by atoms with Crippen LogP contribution in [-0.2, 0) is 4.74 Å². The molecular weight excluding hydrogens is 148 g/mol. The van der Waals surface area contributed by atoms with Crippen molar-refractivity contribution in [1.82, 2.24) is 0 Å². The predicted octanol–water partition coefficient (Wildman–Crippen LogP) is -0.527. The normalized spacial score (nSPS) is 19.4. The van der Waals surface area contributed by atoms with Crippen LogP contribution >= 0.6 is 0 Å². The molecule has 3 N–H and O–H groups in total. The minimum absolute atomic E-state index is 0.283. The van der Waals surface area contributed by atoms with E-state index in [1.165, 1.54) is 6.92 Å². The molecule has 0 fully saturated rings. The van der Waals surface area contributed by atoms with Crippen LogP contribution in [0.4, 0.5) is 0 Å². The van der Waals surface area contributed by atoms with Crippen LogP contribution < -0.4 is 0 Å². The van der Waals surface area contributed by atoms with Gasteiger partial charge in [0.05, 0.1) is 12.7 Å². The zero-order valence-electron chi connectivity index (χ0n) is 6.90. The molecule has 0 saturated carbocycles. The van der Waals surface area contributed by atoms with Gasteiger partial charge in [-0.25, -0.2) is 0 Å². The lowest BCUT2D eigenvalue weighted by molar-refractivity contribution is -0.173. The van der Waals surface area contributed by atoms with Gasteiger partial charge in [0.25, 0.3) is 0 Å². The smallest absolute Gasteiger partial charge is 0.154 e. The van der Waals surface area contributed by atoms with Crippen LogP contribution in [0.5, 0.6) is 0 Å². The fourth-order valence-electron chi connectivity index (χ4n) is 0.607. The van der Waals surface area contributed by atoms with Gasteiger partial charge >= 0.3 is 0 Å². The zero-order valence-corrected chi connectivity index (χ0v) is 6.90. The van der Waals surface area contributed by atoms with Crippen molar-refractivity contribution in [2.45, 2.75) is 38.8 Å².